The Morgan fingerprint density at radius 2 is 2.04 bits per heavy atom. The number of hydrogen-bond acceptors (Lipinski definition) is 4. The number of nitrogens with one attached hydrogen (secondary N) is 1. The van der Waals surface area contributed by atoms with Crippen LogP contribution >= 0.6 is 11.3 Å². The van der Waals surface area contributed by atoms with E-state index in [2.05, 4.69) is 10.3 Å². The fourth-order valence-corrected chi connectivity index (χ4v) is 4.86. The number of piperidine rings is 1. The van der Waals surface area contributed by atoms with E-state index in [1.807, 2.05) is 10.3 Å². The summed E-state index contributed by atoms with van der Waals surface area (Å²) in [5.41, 5.74) is 0. The van der Waals surface area contributed by atoms with E-state index in [1.165, 1.54) is 19.3 Å². The van der Waals surface area contributed by atoms with Crippen molar-refractivity contribution in [3.05, 3.63) is 16.6 Å². The summed E-state index contributed by atoms with van der Waals surface area (Å²) in [4.78, 5) is 30.9. The van der Waals surface area contributed by atoms with E-state index in [-0.39, 0.29) is 23.8 Å². The average molecular weight is 350 g/mol. The number of rotatable bonds is 4. The standard InChI is InChI=1S/C18H27N3O2S/c1-13(22)20-16(17-19-9-11-24-17)15-8-5-10-21(12-15)18(23)14-6-3-2-4-7-14/h9,11,14-16H,2-8,10,12H2,1H3,(H,20,22)/t15-,16+/m1/s1. The Balaban J connectivity index is 1.68. The molecule has 0 unspecified atom stereocenters. The fourth-order valence-electron chi connectivity index (χ4n) is 4.08. The maximum Gasteiger partial charge on any atom is 0.225 e. The normalized spacial score (nSPS) is 23.7. The highest BCUT2D eigenvalue weighted by molar-refractivity contribution is 7.09. The quantitative estimate of drug-likeness (QED) is 0.908. The third-order valence-electron chi connectivity index (χ3n) is 5.27. The van der Waals surface area contributed by atoms with E-state index < -0.39 is 0 Å². The maximum atomic E-state index is 12.9. The molecule has 1 aromatic heterocycles. The Hall–Kier alpha value is -1.43. The molecule has 1 aliphatic carbocycles. The molecular weight excluding hydrogens is 322 g/mol. The first-order chi connectivity index (χ1) is 11.6. The van der Waals surface area contributed by atoms with Crippen molar-refractivity contribution in [1.29, 1.82) is 0 Å². The second kappa shape index (κ2) is 8.10. The first-order valence-electron chi connectivity index (χ1n) is 9.10. The molecule has 2 atom stereocenters. The first-order valence-corrected chi connectivity index (χ1v) is 9.98. The summed E-state index contributed by atoms with van der Waals surface area (Å²) in [5.74, 6) is 0.768. The molecule has 3 rings (SSSR count). The third kappa shape index (κ3) is 4.15. The van der Waals surface area contributed by atoms with Crippen LogP contribution in [0.5, 0.6) is 0 Å². The van der Waals surface area contributed by atoms with Crippen LogP contribution in [0.15, 0.2) is 11.6 Å². The summed E-state index contributed by atoms with van der Waals surface area (Å²) in [5, 5.41) is 5.95. The molecule has 0 aromatic carbocycles. The molecule has 1 N–H and O–H groups in total. The van der Waals surface area contributed by atoms with Gasteiger partial charge in [-0.3, -0.25) is 9.59 Å². The van der Waals surface area contributed by atoms with Crippen molar-refractivity contribution in [3.8, 4) is 0 Å². The molecule has 0 spiro atoms. The van der Waals surface area contributed by atoms with Gasteiger partial charge in [0.1, 0.15) is 5.01 Å². The zero-order valence-electron chi connectivity index (χ0n) is 14.4. The van der Waals surface area contributed by atoms with Gasteiger partial charge in [0.05, 0.1) is 6.04 Å². The van der Waals surface area contributed by atoms with Gasteiger partial charge in [-0.15, -0.1) is 11.3 Å². The van der Waals surface area contributed by atoms with Crippen LogP contribution in [-0.4, -0.2) is 34.8 Å². The predicted molar refractivity (Wildman–Crippen MR) is 94.6 cm³/mol. The van der Waals surface area contributed by atoms with Crippen LogP contribution in [0.1, 0.15) is 62.9 Å². The minimum absolute atomic E-state index is 0.0362. The van der Waals surface area contributed by atoms with Gasteiger partial charge in [-0.2, -0.15) is 0 Å². The van der Waals surface area contributed by atoms with Gasteiger partial charge < -0.3 is 10.2 Å². The smallest absolute Gasteiger partial charge is 0.225 e. The van der Waals surface area contributed by atoms with Crippen LogP contribution in [0.2, 0.25) is 0 Å². The van der Waals surface area contributed by atoms with Crippen LogP contribution in [0.25, 0.3) is 0 Å². The molecule has 1 saturated heterocycles. The number of hydrogen-bond donors (Lipinski definition) is 1. The number of carbonyl (C=O) groups is 2. The van der Waals surface area contributed by atoms with Crippen molar-refractivity contribution in [2.24, 2.45) is 11.8 Å². The van der Waals surface area contributed by atoms with Gasteiger partial charge in [0, 0.05) is 43.4 Å². The van der Waals surface area contributed by atoms with Crippen LogP contribution in [0.4, 0.5) is 0 Å². The lowest BCUT2D eigenvalue weighted by Gasteiger charge is -2.38. The minimum Gasteiger partial charge on any atom is -0.347 e. The molecule has 2 amide bonds. The zero-order valence-corrected chi connectivity index (χ0v) is 15.2. The molecule has 24 heavy (non-hydrogen) atoms. The van der Waals surface area contributed by atoms with E-state index in [0.29, 0.717) is 5.91 Å². The highest BCUT2D eigenvalue weighted by Crippen LogP contribution is 2.33. The van der Waals surface area contributed by atoms with E-state index in [4.69, 9.17) is 0 Å². The Morgan fingerprint density at radius 1 is 1.25 bits per heavy atom. The Bertz CT molecular complexity index is 555. The van der Waals surface area contributed by atoms with Crippen molar-refractivity contribution in [3.63, 3.8) is 0 Å². The Morgan fingerprint density at radius 3 is 2.71 bits per heavy atom. The minimum atomic E-state index is -0.0792. The summed E-state index contributed by atoms with van der Waals surface area (Å²) < 4.78 is 0. The van der Waals surface area contributed by atoms with E-state index >= 15 is 0 Å². The summed E-state index contributed by atoms with van der Waals surface area (Å²) in [7, 11) is 0. The maximum absolute atomic E-state index is 12.9. The van der Waals surface area contributed by atoms with Crippen LogP contribution in [0.3, 0.4) is 0 Å². The average Bonchev–Trinajstić information content (AvgIpc) is 3.14. The van der Waals surface area contributed by atoms with E-state index in [9.17, 15) is 9.59 Å². The number of aromatic nitrogens is 1. The zero-order chi connectivity index (χ0) is 16.9. The van der Waals surface area contributed by atoms with Gasteiger partial charge in [-0.1, -0.05) is 19.3 Å². The molecule has 2 aliphatic rings. The van der Waals surface area contributed by atoms with Gasteiger partial charge in [0.25, 0.3) is 0 Å². The van der Waals surface area contributed by atoms with E-state index in [0.717, 1.165) is 43.8 Å². The van der Waals surface area contributed by atoms with Crippen LogP contribution < -0.4 is 5.32 Å². The summed E-state index contributed by atoms with van der Waals surface area (Å²) in [6.07, 6.45) is 9.53. The van der Waals surface area contributed by atoms with Gasteiger partial charge in [0.2, 0.25) is 11.8 Å². The number of carbonyl (C=O) groups excluding carboxylic acids is 2. The molecular formula is C18H27N3O2S. The Kier molecular flexibility index (Phi) is 5.87. The van der Waals surface area contributed by atoms with Crippen molar-refractivity contribution >= 4 is 23.2 Å². The van der Waals surface area contributed by atoms with Gasteiger partial charge >= 0.3 is 0 Å². The third-order valence-corrected chi connectivity index (χ3v) is 6.13. The monoisotopic (exact) mass is 349 g/mol. The van der Waals surface area contributed by atoms with Crippen molar-refractivity contribution in [2.45, 2.75) is 57.9 Å². The molecule has 1 aromatic rings. The molecule has 2 fully saturated rings. The summed E-state index contributed by atoms with van der Waals surface area (Å²) >= 11 is 1.58. The van der Waals surface area contributed by atoms with Gasteiger partial charge in [-0.05, 0) is 25.7 Å². The largest absolute Gasteiger partial charge is 0.347 e. The molecule has 6 heteroatoms. The lowest BCUT2D eigenvalue weighted by molar-refractivity contribution is -0.138. The number of likely N-dealkylation sites (tertiary alicyclic amines) is 1. The molecule has 132 valence electrons. The Labute approximate surface area is 147 Å². The molecule has 0 radical (unpaired) electrons. The molecule has 5 nitrogen and oxygen atoms in total. The lowest BCUT2D eigenvalue weighted by Crippen LogP contribution is -2.47. The number of amides is 2. The van der Waals surface area contributed by atoms with Crippen molar-refractivity contribution < 1.29 is 9.59 Å². The molecule has 1 saturated carbocycles. The molecule has 0 bridgehead atoms. The summed E-state index contributed by atoms with van der Waals surface area (Å²) in [6, 6.07) is -0.0792. The number of thiazole rings is 1. The lowest BCUT2D eigenvalue weighted by atomic mass is 9.86. The van der Waals surface area contributed by atoms with Gasteiger partial charge in [0.15, 0.2) is 0 Å². The first kappa shape index (κ1) is 17.4. The predicted octanol–water partition coefficient (Wildman–Crippen LogP) is 3.14. The molecule has 2 heterocycles. The van der Waals surface area contributed by atoms with Crippen molar-refractivity contribution in [2.75, 3.05) is 13.1 Å². The number of nitrogens with zero attached hydrogens (tertiary/aromatic N) is 2. The van der Waals surface area contributed by atoms with Gasteiger partial charge in [-0.25, -0.2) is 4.98 Å². The topological polar surface area (TPSA) is 62.3 Å². The second-order valence-corrected chi connectivity index (χ2v) is 8.00. The SMILES string of the molecule is CC(=O)N[C@H](c1nccs1)[C@@H]1CCCN(C(=O)C2CCCCC2)C1. The van der Waals surface area contributed by atoms with Crippen LogP contribution in [0, 0.1) is 11.8 Å². The highest BCUT2D eigenvalue weighted by atomic mass is 32.1. The molecule has 1 aliphatic heterocycles. The fraction of sp³-hybridized carbons (Fsp3) is 0.722. The van der Waals surface area contributed by atoms with Crippen LogP contribution in [-0.2, 0) is 9.59 Å². The highest BCUT2D eigenvalue weighted by Gasteiger charge is 2.34. The second-order valence-electron chi connectivity index (χ2n) is 7.07. The van der Waals surface area contributed by atoms with Crippen molar-refractivity contribution in [1.82, 2.24) is 15.2 Å². The summed E-state index contributed by atoms with van der Waals surface area (Å²) in [6.45, 7) is 3.14. The van der Waals surface area contributed by atoms with E-state index in [1.54, 1.807) is 24.5 Å².